The first-order valence-electron chi connectivity index (χ1n) is 6.39. The summed E-state index contributed by atoms with van der Waals surface area (Å²) in [6, 6.07) is 9.58. The highest BCUT2D eigenvalue weighted by atomic mass is 19.1. The smallest absolute Gasteiger partial charge is 0.271 e. The number of anilines is 1. The molecule has 22 heavy (non-hydrogen) atoms. The minimum absolute atomic E-state index is 0.119. The molecule has 0 fully saturated rings. The van der Waals surface area contributed by atoms with Gasteiger partial charge in [-0.1, -0.05) is 12.1 Å². The van der Waals surface area contributed by atoms with Gasteiger partial charge in [0.05, 0.1) is 10.6 Å². The summed E-state index contributed by atoms with van der Waals surface area (Å²) in [5.74, 6) is -0.730. The van der Waals surface area contributed by atoms with Crippen LogP contribution in [0, 0.1) is 22.9 Å². The first-order valence-corrected chi connectivity index (χ1v) is 6.39. The van der Waals surface area contributed by atoms with Crippen molar-refractivity contribution in [1.29, 1.82) is 0 Å². The average molecular weight is 304 g/mol. The van der Waals surface area contributed by atoms with Gasteiger partial charge in [-0.15, -0.1) is 0 Å². The van der Waals surface area contributed by atoms with Crippen molar-refractivity contribution in [3.63, 3.8) is 0 Å². The van der Waals surface area contributed by atoms with E-state index in [-0.39, 0.29) is 18.0 Å². The van der Waals surface area contributed by atoms with Crippen molar-refractivity contribution in [2.75, 3.05) is 11.9 Å². The van der Waals surface area contributed by atoms with Crippen LogP contribution in [0.25, 0.3) is 0 Å². The quantitative estimate of drug-likeness (QED) is 0.680. The van der Waals surface area contributed by atoms with Gasteiger partial charge in [-0.05, 0) is 24.6 Å². The van der Waals surface area contributed by atoms with E-state index in [2.05, 4.69) is 5.32 Å². The number of non-ortho nitro benzene ring substituents is 1. The van der Waals surface area contributed by atoms with E-state index in [4.69, 9.17) is 4.74 Å². The molecule has 0 aliphatic carbocycles. The van der Waals surface area contributed by atoms with Crippen molar-refractivity contribution >= 4 is 17.3 Å². The van der Waals surface area contributed by atoms with Crippen LogP contribution in [-0.4, -0.2) is 17.4 Å². The van der Waals surface area contributed by atoms with E-state index >= 15 is 0 Å². The molecule has 0 heterocycles. The molecule has 0 bridgehead atoms. The van der Waals surface area contributed by atoms with Gasteiger partial charge in [-0.3, -0.25) is 14.9 Å². The Morgan fingerprint density at radius 1 is 1.32 bits per heavy atom. The van der Waals surface area contributed by atoms with Crippen molar-refractivity contribution < 1.29 is 18.8 Å². The van der Waals surface area contributed by atoms with Crippen molar-refractivity contribution in [2.45, 2.75) is 6.92 Å². The lowest BCUT2D eigenvalue weighted by atomic mass is 10.2. The molecule has 0 aliphatic rings. The molecule has 0 aromatic heterocycles. The summed E-state index contributed by atoms with van der Waals surface area (Å²) in [6.45, 7) is 1.39. The Hall–Kier alpha value is -2.96. The lowest BCUT2D eigenvalue weighted by Crippen LogP contribution is -2.20. The third-order valence-corrected chi connectivity index (χ3v) is 2.87. The summed E-state index contributed by atoms with van der Waals surface area (Å²) in [4.78, 5) is 22.0. The molecule has 114 valence electrons. The minimum Gasteiger partial charge on any atom is -0.484 e. The number of amides is 1. The first-order chi connectivity index (χ1) is 10.5. The SMILES string of the molecule is Cc1ccc([N+](=O)[O-])cc1NC(=O)COc1cccc(F)c1. The number of ether oxygens (including phenoxy) is 1. The Labute approximate surface area is 125 Å². The first kappa shape index (κ1) is 15.4. The normalized spacial score (nSPS) is 10.1. The van der Waals surface area contributed by atoms with Crippen LogP contribution in [-0.2, 0) is 4.79 Å². The highest BCUT2D eigenvalue weighted by molar-refractivity contribution is 5.93. The summed E-state index contributed by atoms with van der Waals surface area (Å²) < 4.78 is 18.1. The number of nitrogens with one attached hydrogen (secondary N) is 1. The number of nitro groups is 1. The Morgan fingerprint density at radius 3 is 2.77 bits per heavy atom. The lowest BCUT2D eigenvalue weighted by Gasteiger charge is -2.09. The Balaban J connectivity index is 2.00. The topological polar surface area (TPSA) is 81.5 Å². The van der Waals surface area contributed by atoms with E-state index in [9.17, 15) is 19.3 Å². The van der Waals surface area contributed by atoms with Crippen LogP contribution in [0.15, 0.2) is 42.5 Å². The zero-order valence-electron chi connectivity index (χ0n) is 11.7. The fourth-order valence-electron chi connectivity index (χ4n) is 1.75. The third kappa shape index (κ3) is 4.02. The molecule has 0 radical (unpaired) electrons. The van der Waals surface area contributed by atoms with Crippen LogP contribution < -0.4 is 10.1 Å². The number of nitro benzene ring substituents is 1. The average Bonchev–Trinajstić information content (AvgIpc) is 2.47. The van der Waals surface area contributed by atoms with E-state index in [1.807, 2.05) is 0 Å². The maximum Gasteiger partial charge on any atom is 0.271 e. The van der Waals surface area contributed by atoms with Crippen LogP contribution >= 0.6 is 0 Å². The largest absolute Gasteiger partial charge is 0.484 e. The van der Waals surface area contributed by atoms with Gasteiger partial charge in [0.1, 0.15) is 11.6 Å². The summed E-state index contributed by atoms with van der Waals surface area (Å²) in [6.07, 6.45) is 0. The number of hydrogen-bond donors (Lipinski definition) is 1. The van der Waals surface area contributed by atoms with Gasteiger partial charge in [0.15, 0.2) is 6.61 Å². The minimum atomic E-state index is -0.543. The fraction of sp³-hybridized carbons (Fsp3) is 0.133. The van der Waals surface area contributed by atoms with Crippen molar-refractivity contribution in [3.05, 3.63) is 64.0 Å². The molecule has 1 N–H and O–H groups in total. The fourth-order valence-corrected chi connectivity index (χ4v) is 1.75. The maximum absolute atomic E-state index is 13.0. The number of carbonyl (C=O) groups is 1. The molecular weight excluding hydrogens is 291 g/mol. The van der Waals surface area contributed by atoms with Crippen LogP contribution in [0.1, 0.15) is 5.56 Å². The predicted molar refractivity (Wildman–Crippen MR) is 78.4 cm³/mol. The second-order valence-corrected chi connectivity index (χ2v) is 4.55. The van der Waals surface area contributed by atoms with Gasteiger partial charge >= 0.3 is 0 Å². The zero-order valence-corrected chi connectivity index (χ0v) is 11.7. The molecule has 2 aromatic carbocycles. The summed E-state index contributed by atoms with van der Waals surface area (Å²) in [5, 5.41) is 13.3. The molecule has 0 aliphatic heterocycles. The molecule has 2 aromatic rings. The summed E-state index contributed by atoms with van der Waals surface area (Å²) in [7, 11) is 0. The number of halogens is 1. The van der Waals surface area contributed by atoms with Crippen molar-refractivity contribution in [1.82, 2.24) is 0 Å². The molecule has 0 spiro atoms. The predicted octanol–water partition coefficient (Wildman–Crippen LogP) is 3.06. The second kappa shape index (κ2) is 6.66. The molecule has 0 saturated heterocycles. The third-order valence-electron chi connectivity index (χ3n) is 2.87. The molecule has 2 rings (SSSR count). The number of nitrogens with zero attached hydrogens (tertiary/aromatic N) is 1. The van der Waals surface area contributed by atoms with Gasteiger partial charge in [0.25, 0.3) is 11.6 Å². The number of carbonyl (C=O) groups excluding carboxylic acids is 1. The van der Waals surface area contributed by atoms with Crippen LogP contribution in [0.3, 0.4) is 0 Å². The Morgan fingerprint density at radius 2 is 2.09 bits per heavy atom. The van der Waals surface area contributed by atoms with Crippen LogP contribution in [0.2, 0.25) is 0 Å². The number of aryl methyl sites for hydroxylation is 1. The lowest BCUT2D eigenvalue weighted by molar-refractivity contribution is -0.384. The van der Waals surface area contributed by atoms with Crippen molar-refractivity contribution in [2.24, 2.45) is 0 Å². The molecule has 7 heteroatoms. The molecule has 0 saturated carbocycles. The summed E-state index contributed by atoms with van der Waals surface area (Å²) >= 11 is 0. The van der Waals surface area contributed by atoms with E-state index in [1.165, 1.54) is 30.3 Å². The van der Waals surface area contributed by atoms with Gasteiger partial charge in [0, 0.05) is 18.2 Å². The Kier molecular flexibility index (Phi) is 4.67. The molecular formula is C15H13FN2O4. The highest BCUT2D eigenvalue weighted by Gasteiger charge is 2.11. The van der Waals surface area contributed by atoms with Crippen molar-refractivity contribution in [3.8, 4) is 5.75 Å². The van der Waals surface area contributed by atoms with Gasteiger partial charge in [-0.25, -0.2) is 4.39 Å². The van der Waals surface area contributed by atoms with Gasteiger partial charge in [0.2, 0.25) is 0 Å². The number of hydrogen-bond acceptors (Lipinski definition) is 4. The van der Waals surface area contributed by atoms with Crippen LogP contribution in [0.5, 0.6) is 5.75 Å². The standard InChI is InChI=1S/C15H13FN2O4/c1-10-5-6-12(18(20)21)8-14(10)17-15(19)9-22-13-4-2-3-11(16)7-13/h2-8H,9H2,1H3,(H,17,19). The van der Waals surface area contributed by atoms with Gasteiger partial charge in [-0.2, -0.15) is 0 Å². The monoisotopic (exact) mass is 304 g/mol. The van der Waals surface area contributed by atoms with E-state index in [0.29, 0.717) is 11.3 Å². The molecule has 0 atom stereocenters. The van der Waals surface area contributed by atoms with E-state index < -0.39 is 16.6 Å². The second-order valence-electron chi connectivity index (χ2n) is 4.55. The summed E-state index contributed by atoms with van der Waals surface area (Å²) in [5.41, 5.74) is 0.902. The van der Waals surface area contributed by atoms with Crippen LogP contribution in [0.4, 0.5) is 15.8 Å². The number of rotatable bonds is 5. The number of benzene rings is 2. The maximum atomic E-state index is 13.0. The van der Waals surface area contributed by atoms with Gasteiger partial charge < -0.3 is 10.1 Å². The molecule has 0 unspecified atom stereocenters. The van der Waals surface area contributed by atoms with E-state index in [0.717, 1.165) is 6.07 Å². The molecule has 6 nitrogen and oxygen atoms in total. The molecule has 1 amide bonds. The highest BCUT2D eigenvalue weighted by Crippen LogP contribution is 2.21. The Bertz CT molecular complexity index is 718. The zero-order chi connectivity index (χ0) is 16.1. The van der Waals surface area contributed by atoms with E-state index in [1.54, 1.807) is 13.0 Å².